The second-order valence-corrected chi connectivity index (χ2v) is 5.00. The van der Waals surface area contributed by atoms with Gasteiger partial charge in [-0.05, 0) is 43.4 Å². The van der Waals surface area contributed by atoms with E-state index in [0.717, 1.165) is 18.4 Å². The zero-order valence-corrected chi connectivity index (χ0v) is 11.8. The molecule has 108 valence electrons. The summed E-state index contributed by atoms with van der Waals surface area (Å²) in [4.78, 5) is 22.8. The summed E-state index contributed by atoms with van der Waals surface area (Å²) in [5, 5.41) is 0. The fourth-order valence-electron chi connectivity index (χ4n) is 2.51. The summed E-state index contributed by atoms with van der Waals surface area (Å²) < 4.78 is 10.2. The molecule has 0 bridgehead atoms. The number of hydrogen-bond acceptors (Lipinski definition) is 4. The van der Waals surface area contributed by atoms with Crippen molar-refractivity contribution >= 4 is 11.8 Å². The van der Waals surface area contributed by atoms with Crippen molar-refractivity contribution in [3.63, 3.8) is 0 Å². The van der Waals surface area contributed by atoms with E-state index in [2.05, 4.69) is 0 Å². The molecule has 0 radical (unpaired) electrons. The van der Waals surface area contributed by atoms with Crippen molar-refractivity contribution in [1.82, 2.24) is 0 Å². The first-order chi connectivity index (χ1) is 9.69. The van der Waals surface area contributed by atoms with Gasteiger partial charge in [0.2, 0.25) is 0 Å². The van der Waals surface area contributed by atoms with E-state index in [0.29, 0.717) is 31.0 Å². The molecule has 1 aromatic carbocycles. The molecule has 4 nitrogen and oxygen atoms in total. The number of Topliss-reactive ketones (excluding diaryl/α,β-unsaturated/α-hetero) is 1. The van der Waals surface area contributed by atoms with Gasteiger partial charge in [0.15, 0.2) is 6.61 Å². The number of carbonyl (C=O) groups is 2. The molecule has 0 N–H and O–H groups in total. The molecule has 1 unspecified atom stereocenters. The molecule has 1 aromatic rings. The fraction of sp³-hybridized carbons (Fsp3) is 0.500. The van der Waals surface area contributed by atoms with E-state index in [1.54, 1.807) is 6.92 Å². The first-order valence-electron chi connectivity index (χ1n) is 7.09. The van der Waals surface area contributed by atoms with E-state index in [1.807, 2.05) is 24.3 Å². The average molecular weight is 276 g/mol. The minimum atomic E-state index is -0.370. The first kappa shape index (κ1) is 14.6. The Morgan fingerprint density at radius 2 is 2.25 bits per heavy atom. The molecule has 1 atom stereocenters. The minimum absolute atomic E-state index is 0.0824. The highest BCUT2D eigenvalue weighted by molar-refractivity contribution is 5.80. The third kappa shape index (κ3) is 4.08. The van der Waals surface area contributed by atoms with Crippen LogP contribution in [-0.4, -0.2) is 25.0 Å². The van der Waals surface area contributed by atoms with Gasteiger partial charge in [-0.15, -0.1) is 0 Å². The van der Waals surface area contributed by atoms with E-state index in [1.165, 1.54) is 0 Å². The van der Waals surface area contributed by atoms with Crippen LogP contribution in [0.4, 0.5) is 0 Å². The van der Waals surface area contributed by atoms with Crippen LogP contribution in [0.1, 0.15) is 44.1 Å². The van der Waals surface area contributed by atoms with E-state index >= 15 is 0 Å². The molecule has 0 amide bonds. The lowest BCUT2D eigenvalue weighted by Gasteiger charge is -2.21. The molecule has 2 rings (SSSR count). The highest BCUT2D eigenvalue weighted by Gasteiger charge is 2.21. The van der Waals surface area contributed by atoms with Crippen molar-refractivity contribution in [2.24, 2.45) is 0 Å². The van der Waals surface area contributed by atoms with E-state index in [9.17, 15) is 9.59 Å². The third-order valence-corrected chi connectivity index (χ3v) is 3.47. The minimum Gasteiger partial charge on any atom is -0.482 e. The zero-order valence-electron chi connectivity index (χ0n) is 11.8. The van der Waals surface area contributed by atoms with Crippen LogP contribution in [0.15, 0.2) is 24.3 Å². The summed E-state index contributed by atoms with van der Waals surface area (Å²) in [7, 11) is 0. The SMILES string of the molecule is CCOC(=O)COc1cccc(C2CCCC(=O)C2)c1. The van der Waals surface area contributed by atoms with Crippen LogP contribution in [-0.2, 0) is 14.3 Å². The lowest BCUT2D eigenvalue weighted by molar-refractivity contribution is -0.145. The summed E-state index contributed by atoms with van der Waals surface area (Å²) in [5.41, 5.74) is 1.11. The van der Waals surface area contributed by atoms with Crippen molar-refractivity contribution < 1.29 is 19.1 Å². The van der Waals surface area contributed by atoms with E-state index in [-0.39, 0.29) is 18.5 Å². The fourth-order valence-corrected chi connectivity index (χ4v) is 2.51. The van der Waals surface area contributed by atoms with Gasteiger partial charge in [-0.3, -0.25) is 4.79 Å². The van der Waals surface area contributed by atoms with Gasteiger partial charge in [-0.1, -0.05) is 12.1 Å². The summed E-state index contributed by atoms with van der Waals surface area (Å²) in [6.07, 6.45) is 3.31. The molecule has 0 aliphatic heterocycles. The van der Waals surface area contributed by atoms with Crippen LogP contribution in [0.5, 0.6) is 5.75 Å². The number of esters is 1. The molecule has 0 heterocycles. The largest absolute Gasteiger partial charge is 0.482 e. The standard InChI is InChI=1S/C16H20O4/c1-2-19-16(18)11-20-15-8-4-6-13(10-15)12-5-3-7-14(17)9-12/h4,6,8,10,12H,2-3,5,7,9,11H2,1H3. The Labute approximate surface area is 119 Å². The molecular weight excluding hydrogens is 256 g/mol. The molecule has 20 heavy (non-hydrogen) atoms. The second kappa shape index (κ2) is 7.08. The summed E-state index contributed by atoms with van der Waals surface area (Å²) in [5.74, 6) is 0.890. The highest BCUT2D eigenvalue weighted by Crippen LogP contribution is 2.32. The topological polar surface area (TPSA) is 52.6 Å². The van der Waals surface area contributed by atoms with Crippen molar-refractivity contribution in [2.45, 2.75) is 38.5 Å². The van der Waals surface area contributed by atoms with Gasteiger partial charge >= 0.3 is 5.97 Å². The Morgan fingerprint density at radius 3 is 3.00 bits per heavy atom. The summed E-state index contributed by atoms with van der Waals surface area (Å²) in [6.45, 7) is 2.03. The van der Waals surface area contributed by atoms with Crippen molar-refractivity contribution in [1.29, 1.82) is 0 Å². The van der Waals surface area contributed by atoms with Crippen LogP contribution in [0, 0.1) is 0 Å². The number of hydrogen-bond donors (Lipinski definition) is 0. The number of ketones is 1. The molecule has 1 aliphatic carbocycles. The number of benzene rings is 1. The van der Waals surface area contributed by atoms with Gasteiger partial charge in [-0.2, -0.15) is 0 Å². The molecule has 1 fully saturated rings. The first-order valence-corrected chi connectivity index (χ1v) is 7.09. The number of carbonyl (C=O) groups excluding carboxylic acids is 2. The van der Waals surface area contributed by atoms with Crippen LogP contribution in [0.3, 0.4) is 0 Å². The van der Waals surface area contributed by atoms with Crippen molar-refractivity contribution in [2.75, 3.05) is 13.2 Å². The van der Waals surface area contributed by atoms with Crippen LogP contribution < -0.4 is 4.74 Å². The Kier molecular flexibility index (Phi) is 5.16. The predicted molar refractivity (Wildman–Crippen MR) is 74.8 cm³/mol. The smallest absolute Gasteiger partial charge is 0.344 e. The Morgan fingerprint density at radius 1 is 1.40 bits per heavy atom. The van der Waals surface area contributed by atoms with E-state index in [4.69, 9.17) is 9.47 Å². The maximum absolute atomic E-state index is 11.5. The third-order valence-electron chi connectivity index (χ3n) is 3.47. The Bertz CT molecular complexity index is 481. The van der Waals surface area contributed by atoms with E-state index < -0.39 is 0 Å². The van der Waals surface area contributed by atoms with Gasteiger partial charge in [0.05, 0.1) is 6.61 Å². The van der Waals surface area contributed by atoms with Gasteiger partial charge in [0.1, 0.15) is 11.5 Å². The molecule has 0 aromatic heterocycles. The summed E-state index contributed by atoms with van der Waals surface area (Å²) >= 11 is 0. The average Bonchev–Trinajstić information content (AvgIpc) is 2.46. The van der Waals surface area contributed by atoms with Gasteiger partial charge < -0.3 is 9.47 Å². The zero-order chi connectivity index (χ0) is 14.4. The molecule has 1 saturated carbocycles. The quantitative estimate of drug-likeness (QED) is 0.776. The van der Waals surface area contributed by atoms with Crippen LogP contribution in [0.2, 0.25) is 0 Å². The van der Waals surface area contributed by atoms with Crippen LogP contribution >= 0.6 is 0 Å². The Hall–Kier alpha value is -1.84. The lowest BCUT2D eigenvalue weighted by atomic mass is 9.83. The maximum Gasteiger partial charge on any atom is 0.344 e. The van der Waals surface area contributed by atoms with Gasteiger partial charge in [-0.25, -0.2) is 4.79 Å². The molecule has 1 aliphatic rings. The monoisotopic (exact) mass is 276 g/mol. The van der Waals surface area contributed by atoms with Crippen LogP contribution in [0.25, 0.3) is 0 Å². The van der Waals surface area contributed by atoms with Gasteiger partial charge in [0.25, 0.3) is 0 Å². The Balaban J connectivity index is 1.96. The predicted octanol–water partition coefficient (Wildman–Crippen LogP) is 2.86. The normalized spacial score (nSPS) is 18.6. The number of rotatable bonds is 5. The van der Waals surface area contributed by atoms with Crippen molar-refractivity contribution in [3.8, 4) is 5.75 Å². The highest BCUT2D eigenvalue weighted by atomic mass is 16.6. The molecule has 0 saturated heterocycles. The number of ether oxygens (including phenoxy) is 2. The lowest BCUT2D eigenvalue weighted by Crippen LogP contribution is -2.15. The maximum atomic E-state index is 11.5. The van der Waals surface area contributed by atoms with Gasteiger partial charge in [0, 0.05) is 12.8 Å². The second-order valence-electron chi connectivity index (χ2n) is 5.00. The van der Waals surface area contributed by atoms with Crippen molar-refractivity contribution in [3.05, 3.63) is 29.8 Å². The molecule has 0 spiro atoms. The summed E-state index contributed by atoms with van der Waals surface area (Å²) in [6, 6.07) is 7.64. The molecular formula is C16H20O4. The molecule has 4 heteroatoms.